The molecule has 0 aliphatic rings. The van der Waals surface area contributed by atoms with Crippen molar-refractivity contribution in [2.24, 2.45) is 0 Å². The fourth-order valence-electron chi connectivity index (χ4n) is 1.25. The first-order valence-electron chi connectivity index (χ1n) is 4.16. The van der Waals surface area contributed by atoms with Crippen molar-refractivity contribution in [1.29, 1.82) is 0 Å². The maximum atomic E-state index is 11.4. The Morgan fingerprint density at radius 1 is 1.60 bits per heavy atom. The highest BCUT2D eigenvalue weighted by Gasteiger charge is 2.15. The van der Waals surface area contributed by atoms with Crippen molar-refractivity contribution in [3.63, 3.8) is 0 Å². The standard InChI is InChI=1S/C9H8N2O3S/c1-14-8(12)7-6(2-5-15-7)11-4-3-10-9(11)13/h2-5H,1H3,(H,10,13). The number of ether oxygens (including phenoxy) is 1. The molecule has 0 bridgehead atoms. The van der Waals surface area contributed by atoms with Crippen LogP contribution in [0.2, 0.25) is 0 Å². The molecule has 2 heterocycles. The second kappa shape index (κ2) is 3.74. The Morgan fingerprint density at radius 2 is 2.40 bits per heavy atom. The predicted molar refractivity (Wildman–Crippen MR) is 55.6 cm³/mol. The second-order valence-corrected chi connectivity index (χ2v) is 3.68. The van der Waals surface area contributed by atoms with Crippen LogP contribution in [0.1, 0.15) is 9.67 Å². The van der Waals surface area contributed by atoms with E-state index in [4.69, 9.17) is 0 Å². The topological polar surface area (TPSA) is 64.1 Å². The minimum absolute atomic E-state index is 0.279. The van der Waals surface area contributed by atoms with Crippen molar-refractivity contribution in [1.82, 2.24) is 9.55 Å². The Bertz CT molecular complexity index is 537. The third kappa shape index (κ3) is 1.59. The normalized spacial score (nSPS) is 10.2. The molecule has 0 saturated carbocycles. The van der Waals surface area contributed by atoms with Crippen LogP contribution in [-0.4, -0.2) is 22.6 Å². The molecular formula is C9H8N2O3S. The zero-order chi connectivity index (χ0) is 10.8. The van der Waals surface area contributed by atoms with Crippen LogP contribution in [0.4, 0.5) is 0 Å². The van der Waals surface area contributed by atoms with Gasteiger partial charge in [0.15, 0.2) is 0 Å². The van der Waals surface area contributed by atoms with E-state index in [0.717, 1.165) is 0 Å². The number of esters is 1. The Balaban J connectivity index is 2.55. The molecule has 0 fully saturated rings. The first-order chi connectivity index (χ1) is 7.24. The molecule has 2 aromatic heterocycles. The lowest BCUT2D eigenvalue weighted by Gasteiger charge is -2.00. The van der Waals surface area contributed by atoms with E-state index in [1.165, 1.54) is 29.2 Å². The third-order valence-corrected chi connectivity index (χ3v) is 2.81. The van der Waals surface area contributed by atoms with Gasteiger partial charge < -0.3 is 9.72 Å². The van der Waals surface area contributed by atoms with E-state index in [2.05, 4.69) is 9.72 Å². The second-order valence-electron chi connectivity index (χ2n) is 2.76. The first kappa shape index (κ1) is 9.72. The number of thiophene rings is 1. The quantitative estimate of drug-likeness (QED) is 0.774. The molecule has 0 radical (unpaired) electrons. The number of methoxy groups -OCH3 is 1. The summed E-state index contributed by atoms with van der Waals surface area (Å²) in [7, 11) is 1.31. The van der Waals surface area contributed by atoms with Gasteiger partial charge in [-0.3, -0.25) is 4.57 Å². The Kier molecular flexibility index (Phi) is 2.42. The van der Waals surface area contributed by atoms with Gasteiger partial charge in [-0.05, 0) is 11.4 Å². The molecule has 0 atom stereocenters. The third-order valence-electron chi connectivity index (χ3n) is 1.92. The van der Waals surface area contributed by atoms with Gasteiger partial charge in [-0.2, -0.15) is 0 Å². The summed E-state index contributed by atoms with van der Waals surface area (Å²) in [6.45, 7) is 0. The van der Waals surface area contributed by atoms with Crippen LogP contribution in [-0.2, 0) is 4.74 Å². The van der Waals surface area contributed by atoms with Crippen molar-refractivity contribution in [2.75, 3.05) is 7.11 Å². The van der Waals surface area contributed by atoms with Gasteiger partial charge in [0.1, 0.15) is 4.88 Å². The summed E-state index contributed by atoms with van der Waals surface area (Å²) < 4.78 is 5.98. The average Bonchev–Trinajstić information content (AvgIpc) is 2.84. The average molecular weight is 224 g/mol. The van der Waals surface area contributed by atoms with Crippen LogP contribution in [0.15, 0.2) is 28.6 Å². The van der Waals surface area contributed by atoms with Gasteiger partial charge in [0.25, 0.3) is 0 Å². The fraction of sp³-hybridized carbons (Fsp3) is 0.111. The summed E-state index contributed by atoms with van der Waals surface area (Å²) in [5.41, 5.74) is 0.261. The van der Waals surface area contributed by atoms with E-state index < -0.39 is 5.97 Å². The minimum atomic E-state index is -0.437. The van der Waals surface area contributed by atoms with Crippen LogP contribution >= 0.6 is 11.3 Å². The van der Waals surface area contributed by atoms with Gasteiger partial charge in [0.2, 0.25) is 0 Å². The van der Waals surface area contributed by atoms with Crippen molar-refractivity contribution < 1.29 is 9.53 Å². The zero-order valence-corrected chi connectivity index (χ0v) is 8.71. The van der Waals surface area contributed by atoms with Crippen molar-refractivity contribution >= 4 is 17.3 Å². The molecule has 0 spiro atoms. The summed E-state index contributed by atoms with van der Waals surface area (Å²) in [5, 5.41) is 1.74. The maximum absolute atomic E-state index is 11.4. The summed E-state index contributed by atoms with van der Waals surface area (Å²) >= 11 is 1.24. The van der Waals surface area contributed by atoms with Gasteiger partial charge in [-0.1, -0.05) is 0 Å². The molecule has 1 N–H and O–H groups in total. The molecule has 0 aliphatic carbocycles. The van der Waals surface area contributed by atoms with Crippen LogP contribution < -0.4 is 5.69 Å². The first-order valence-corrected chi connectivity index (χ1v) is 5.04. The van der Waals surface area contributed by atoms with E-state index in [0.29, 0.717) is 10.6 Å². The number of carbonyl (C=O) groups is 1. The summed E-state index contributed by atoms with van der Waals surface area (Å²) in [5.74, 6) is -0.437. The van der Waals surface area contributed by atoms with Crippen molar-refractivity contribution in [3.05, 3.63) is 39.2 Å². The lowest BCUT2D eigenvalue weighted by Crippen LogP contribution is -2.16. The molecule has 0 saturated heterocycles. The highest BCUT2D eigenvalue weighted by Crippen LogP contribution is 2.20. The molecule has 0 aliphatic heterocycles. The number of nitrogens with one attached hydrogen (secondary N) is 1. The molecule has 2 aromatic rings. The van der Waals surface area contributed by atoms with E-state index in [-0.39, 0.29) is 5.69 Å². The van der Waals surface area contributed by atoms with Crippen molar-refractivity contribution in [3.8, 4) is 5.69 Å². The molecule has 5 nitrogen and oxygen atoms in total. The van der Waals surface area contributed by atoms with E-state index in [9.17, 15) is 9.59 Å². The van der Waals surface area contributed by atoms with Crippen LogP contribution in [0.25, 0.3) is 5.69 Å². The Hall–Kier alpha value is -1.82. The number of aromatic amines is 1. The number of nitrogens with zero attached hydrogens (tertiary/aromatic N) is 1. The van der Waals surface area contributed by atoms with Gasteiger partial charge in [-0.15, -0.1) is 11.3 Å². The molecule has 6 heteroatoms. The zero-order valence-electron chi connectivity index (χ0n) is 7.89. The Morgan fingerprint density at radius 3 is 3.00 bits per heavy atom. The van der Waals surface area contributed by atoms with Gasteiger partial charge >= 0.3 is 11.7 Å². The molecule has 15 heavy (non-hydrogen) atoms. The van der Waals surface area contributed by atoms with Gasteiger partial charge in [-0.25, -0.2) is 9.59 Å². The monoisotopic (exact) mass is 224 g/mol. The molecule has 78 valence electrons. The largest absolute Gasteiger partial charge is 0.465 e. The van der Waals surface area contributed by atoms with Gasteiger partial charge in [0.05, 0.1) is 12.8 Å². The number of carbonyl (C=O) groups excluding carboxylic acids is 1. The number of aromatic nitrogens is 2. The van der Waals surface area contributed by atoms with E-state index in [1.54, 1.807) is 17.6 Å². The van der Waals surface area contributed by atoms with Crippen LogP contribution in [0, 0.1) is 0 Å². The lowest BCUT2D eigenvalue weighted by atomic mass is 10.4. The SMILES string of the molecule is COC(=O)c1sccc1-n1cc[nH]c1=O. The Labute approximate surface area is 88.9 Å². The number of rotatable bonds is 2. The van der Waals surface area contributed by atoms with E-state index in [1.807, 2.05) is 0 Å². The summed E-state index contributed by atoms with van der Waals surface area (Å²) in [6.07, 6.45) is 3.08. The molecule has 0 aromatic carbocycles. The molecule has 2 rings (SSSR count). The summed E-state index contributed by atoms with van der Waals surface area (Å²) in [6, 6.07) is 1.70. The molecular weight excluding hydrogens is 216 g/mol. The number of imidazole rings is 1. The number of hydrogen-bond acceptors (Lipinski definition) is 4. The van der Waals surface area contributed by atoms with Crippen molar-refractivity contribution in [2.45, 2.75) is 0 Å². The summed E-state index contributed by atoms with van der Waals surface area (Å²) in [4.78, 5) is 25.6. The van der Waals surface area contributed by atoms with E-state index >= 15 is 0 Å². The fourth-order valence-corrected chi connectivity index (χ4v) is 2.05. The van der Waals surface area contributed by atoms with Gasteiger partial charge in [0, 0.05) is 12.4 Å². The molecule has 0 unspecified atom stereocenters. The minimum Gasteiger partial charge on any atom is -0.465 e. The maximum Gasteiger partial charge on any atom is 0.350 e. The highest BCUT2D eigenvalue weighted by atomic mass is 32.1. The molecule has 0 amide bonds. The number of H-pyrrole nitrogens is 1. The van der Waals surface area contributed by atoms with Crippen LogP contribution in [0.3, 0.4) is 0 Å². The van der Waals surface area contributed by atoms with Crippen LogP contribution in [0.5, 0.6) is 0 Å². The number of hydrogen-bond donors (Lipinski definition) is 1. The predicted octanol–water partition coefficient (Wildman–Crippen LogP) is 1.01. The highest BCUT2D eigenvalue weighted by molar-refractivity contribution is 7.12. The lowest BCUT2D eigenvalue weighted by molar-refractivity contribution is 0.0606. The smallest absolute Gasteiger partial charge is 0.350 e.